The smallest absolute Gasteiger partial charge is 0.339 e. The minimum Gasteiger partial charge on any atom is -0.497 e. The lowest BCUT2D eigenvalue weighted by molar-refractivity contribution is -0.384. The van der Waals surface area contributed by atoms with Crippen molar-refractivity contribution in [3.63, 3.8) is 0 Å². The molecule has 3 rings (SSSR count). The number of hydrogen-bond acceptors (Lipinski definition) is 10. The Morgan fingerprint density at radius 2 is 1.72 bits per heavy atom. The number of nitro benzene ring substituents is 1. The molecular weight excluding hydrogens is 530 g/mol. The predicted molar refractivity (Wildman–Crippen MR) is 140 cm³/mol. The maximum Gasteiger partial charge on any atom is 0.339 e. The summed E-state index contributed by atoms with van der Waals surface area (Å²) in [4.78, 5) is 23.2. The van der Waals surface area contributed by atoms with Crippen LogP contribution >= 0.6 is 0 Å². The fraction of sp³-hybridized carbons (Fsp3) is 0.154. The molecule has 0 spiro atoms. The van der Waals surface area contributed by atoms with Crippen molar-refractivity contribution in [3.05, 3.63) is 81.9 Å². The molecule has 13 heteroatoms. The molecule has 0 heterocycles. The molecule has 0 fully saturated rings. The maximum atomic E-state index is 12.8. The molecule has 0 bridgehead atoms. The summed E-state index contributed by atoms with van der Waals surface area (Å²) in [7, 11) is -1.43. The first kappa shape index (κ1) is 28.5. The van der Waals surface area contributed by atoms with Crippen molar-refractivity contribution in [2.75, 3.05) is 26.1 Å². The van der Waals surface area contributed by atoms with Crippen LogP contribution in [-0.4, -0.2) is 40.1 Å². The van der Waals surface area contributed by atoms with Crippen LogP contribution in [0.2, 0.25) is 0 Å². The van der Waals surface area contributed by atoms with E-state index in [1.807, 2.05) is 0 Å². The summed E-state index contributed by atoms with van der Waals surface area (Å²) < 4.78 is 46.5. The van der Waals surface area contributed by atoms with Crippen LogP contribution in [0.25, 0.3) is 6.08 Å². The molecule has 0 saturated heterocycles. The van der Waals surface area contributed by atoms with Gasteiger partial charge < -0.3 is 23.7 Å². The summed E-state index contributed by atoms with van der Waals surface area (Å²) >= 11 is 0. The Labute approximate surface area is 224 Å². The van der Waals surface area contributed by atoms with Crippen molar-refractivity contribution in [1.29, 1.82) is 5.26 Å². The van der Waals surface area contributed by atoms with Crippen LogP contribution in [0.4, 0.5) is 11.4 Å². The van der Waals surface area contributed by atoms with E-state index in [0.717, 1.165) is 6.07 Å². The summed E-state index contributed by atoms with van der Waals surface area (Å²) in [6.45, 7) is 1.86. The Kier molecular flexibility index (Phi) is 9.08. The minimum absolute atomic E-state index is 0.000316. The molecule has 3 aromatic carbocycles. The SMILES string of the molecule is CCOc1cc(/C=C(\C#N)C(=O)Nc2cc([N+](=O)[O-])ccc2OC)ccc1OS(=O)(=O)c1ccc(OC)cc1. The standard InChI is InChI=1S/C26H23N3O9S/c1-4-37-25-14-17(5-11-24(25)38-39(33,34)21-9-7-20(35-2)8-10-21)13-18(16-27)26(30)28-22-15-19(29(31)32)6-12-23(22)36-3/h5-15H,4H2,1-3H3,(H,28,30)/b18-13+. The van der Waals surface area contributed by atoms with Crippen molar-refractivity contribution in [3.8, 4) is 29.1 Å². The molecule has 0 saturated carbocycles. The summed E-state index contributed by atoms with van der Waals surface area (Å²) in [5.74, 6) is -0.266. The number of nitrogens with zero attached hydrogens (tertiary/aromatic N) is 2. The molecule has 39 heavy (non-hydrogen) atoms. The molecule has 0 unspecified atom stereocenters. The van der Waals surface area contributed by atoms with E-state index in [-0.39, 0.29) is 45.7 Å². The van der Waals surface area contributed by atoms with Gasteiger partial charge in [-0.2, -0.15) is 13.7 Å². The van der Waals surface area contributed by atoms with Gasteiger partial charge in [-0.3, -0.25) is 14.9 Å². The Morgan fingerprint density at radius 3 is 2.31 bits per heavy atom. The first-order valence-electron chi connectivity index (χ1n) is 11.2. The number of hydrogen-bond donors (Lipinski definition) is 1. The second-order valence-corrected chi connectivity index (χ2v) is 9.16. The van der Waals surface area contributed by atoms with Crippen molar-refractivity contribution >= 4 is 33.5 Å². The summed E-state index contributed by atoms with van der Waals surface area (Å²) in [5, 5.41) is 23.1. The van der Waals surface area contributed by atoms with Crippen LogP contribution in [0.3, 0.4) is 0 Å². The number of amides is 1. The third kappa shape index (κ3) is 7.02. The molecule has 12 nitrogen and oxygen atoms in total. The van der Waals surface area contributed by atoms with E-state index >= 15 is 0 Å². The Morgan fingerprint density at radius 1 is 1.03 bits per heavy atom. The number of benzene rings is 3. The van der Waals surface area contributed by atoms with Crippen LogP contribution in [0, 0.1) is 21.4 Å². The second kappa shape index (κ2) is 12.4. The highest BCUT2D eigenvalue weighted by molar-refractivity contribution is 7.87. The number of nitro groups is 1. The van der Waals surface area contributed by atoms with E-state index in [0.29, 0.717) is 11.3 Å². The number of nitrogens with one attached hydrogen (secondary N) is 1. The fourth-order valence-corrected chi connectivity index (χ4v) is 4.21. The zero-order valence-corrected chi connectivity index (χ0v) is 21.9. The second-order valence-electron chi connectivity index (χ2n) is 7.62. The summed E-state index contributed by atoms with van der Waals surface area (Å²) in [6.07, 6.45) is 1.24. The quantitative estimate of drug-likeness (QED) is 0.119. The molecule has 0 aromatic heterocycles. The molecule has 0 atom stereocenters. The number of anilines is 1. The molecule has 1 N–H and O–H groups in total. The van der Waals surface area contributed by atoms with Gasteiger partial charge >= 0.3 is 10.1 Å². The highest BCUT2D eigenvalue weighted by atomic mass is 32.2. The molecule has 3 aromatic rings. The molecule has 0 aliphatic heterocycles. The number of methoxy groups -OCH3 is 2. The van der Waals surface area contributed by atoms with Gasteiger partial charge in [0.15, 0.2) is 11.5 Å². The van der Waals surface area contributed by atoms with E-state index < -0.39 is 20.9 Å². The van der Waals surface area contributed by atoms with Gasteiger partial charge in [0, 0.05) is 12.1 Å². The Balaban J connectivity index is 1.89. The topological polar surface area (TPSA) is 167 Å². The number of carbonyl (C=O) groups is 1. The lowest BCUT2D eigenvalue weighted by Gasteiger charge is -2.13. The van der Waals surface area contributed by atoms with Gasteiger partial charge in [-0.25, -0.2) is 0 Å². The van der Waals surface area contributed by atoms with Gasteiger partial charge in [0.05, 0.1) is 31.4 Å². The average Bonchev–Trinajstić information content (AvgIpc) is 2.92. The summed E-state index contributed by atoms with van der Waals surface area (Å²) in [6, 6.07) is 15.2. The number of non-ortho nitro benzene ring substituents is 1. The van der Waals surface area contributed by atoms with E-state index in [1.165, 1.54) is 74.9 Å². The number of nitriles is 1. The predicted octanol–water partition coefficient (Wildman–Crippen LogP) is 4.32. The molecule has 202 valence electrons. The number of rotatable bonds is 11. The lowest BCUT2D eigenvalue weighted by atomic mass is 10.1. The Bertz CT molecular complexity index is 1560. The van der Waals surface area contributed by atoms with E-state index in [4.69, 9.17) is 18.4 Å². The fourth-order valence-electron chi connectivity index (χ4n) is 3.27. The molecule has 0 aliphatic carbocycles. The molecule has 1 amide bonds. The summed E-state index contributed by atoms with van der Waals surface area (Å²) in [5.41, 5.74) is -0.300. The zero-order valence-electron chi connectivity index (χ0n) is 21.0. The lowest BCUT2D eigenvalue weighted by Crippen LogP contribution is -2.14. The monoisotopic (exact) mass is 553 g/mol. The largest absolute Gasteiger partial charge is 0.497 e. The van der Waals surface area contributed by atoms with Crippen LogP contribution in [-0.2, 0) is 14.9 Å². The molecule has 0 radical (unpaired) electrons. The van der Waals surface area contributed by atoms with Crippen LogP contribution in [0.1, 0.15) is 12.5 Å². The van der Waals surface area contributed by atoms with Gasteiger partial charge in [0.25, 0.3) is 11.6 Å². The zero-order chi connectivity index (χ0) is 28.6. The third-order valence-electron chi connectivity index (χ3n) is 5.13. The Hall–Kier alpha value is -5.09. The minimum atomic E-state index is -4.21. The van der Waals surface area contributed by atoms with Gasteiger partial charge in [0.1, 0.15) is 28.0 Å². The van der Waals surface area contributed by atoms with Crippen LogP contribution < -0.4 is 23.7 Å². The van der Waals surface area contributed by atoms with Crippen LogP contribution in [0.15, 0.2) is 71.1 Å². The van der Waals surface area contributed by atoms with Crippen molar-refractivity contribution in [1.82, 2.24) is 0 Å². The highest BCUT2D eigenvalue weighted by Crippen LogP contribution is 2.33. The van der Waals surface area contributed by atoms with E-state index in [1.54, 1.807) is 13.0 Å². The van der Waals surface area contributed by atoms with Gasteiger partial charge in [0.2, 0.25) is 0 Å². The third-order valence-corrected chi connectivity index (χ3v) is 6.38. The first-order valence-corrected chi connectivity index (χ1v) is 12.6. The number of ether oxygens (including phenoxy) is 3. The van der Waals surface area contributed by atoms with Gasteiger partial charge in [-0.15, -0.1) is 0 Å². The van der Waals surface area contributed by atoms with Crippen molar-refractivity contribution in [2.24, 2.45) is 0 Å². The molecule has 0 aliphatic rings. The first-order chi connectivity index (χ1) is 18.6. The van der Waals surface area contributed by atoms with Crippen molar-refractivity contribution < 1.29 is 36.5 Å². The van der Waals surface area contributed by atoms with E-state index in [2.05, 4.69) is 5.32 Å². The average molecular weight is 554 g/mol. The highest BCUT2D eigenvalue weighted by Gasteiger charge is 2.21. The van der Waals surface area contributed by atoms with E-state index in [9.17, 15) is 28.6 Å². The van der Waals surface area contributed by atoms with Gasteiger partial charge in [-0.1, -0.05) is 6.07 Å². The maximum absolute atomic E-state index is 12.8. The van der Waals surface area contributed by atoms with Gasteiger partial charge in [-0.05, 0) is 61.0 Å². The number of carbonyl (C=O) groups excluding carboxylic acids is 1. The molecular formula is C26H23N3O9S. The van der Waals surface area contributed by atoms with Crippen molar-refractivity contribution in [2.45, 2.75) is 11.8 Å². The normalized spacial score (nSPS) is 11.2. The van der Waals surface area contributed by atoms with Crippen LogP contribution in [0.5, 0.6) is 23.0 Å².